The summed E-state index contributed by atoms with van der Waals surface area (Å²) in [5, 5.41) is 3.19. The summed E-state index contributed by atoms with van der Waals surface area (Å²) in [5.41, 5.74) is 0. The molecule has 1 fully saturated rings. The second-order valence-corrected chi connectivity index (χ2v) is 4.66. The largest absolute Gasteiger partial charge is 0.381 e. The van der Waals surface area contributed by atoms with Gasteiger partial charge in [0.25, 0.3) is 0 Å². The Hall–Kier alpha value is -0.610. The lowest BCUT2D eigenvalue weighted by molar-refractivity contribution is -0.133. The van der Waals surface area contributed by atoms with Crippen LogP contribution in [0.25, 0.3) is 0 Å². The van der Waals surface area contributed by atoms with Crippen molar-refractivity contribution in [3.8, 4) is 0 Å². The van der Waals surface area contributed by atoms with Crippen molar-refractivity contribution in [2.45, 2.75) is 32.6 Å². The number of ether oxygens (including phenoxy) is 1. The fraction of sp³-hybridized carbons (Fsp3) is 0.923. The molecule has 1 heterocycles. The highest BCUT2D eigenvalue weighted by Gasteiger charge is 2.21. The predicted octanol–water partition coefficient (Wildman–Crippen LogP) is 1.26. The first kappa shape index (κ1) is 14.5. The molecule has 1 amide bonds. The molecule has 0 aromatic rings. The number of rotatable bonds is 7. The lowest BCUT2D eigenvalue weighted by Gasteiger charge is -2.32. The average molecular weight is 242 g/mol. The van der Waals surface area contributed by atoms with Crippen LogP contribution >= 0.6 is 0 Å². The third-order valence-corrected chi connectivity index (χ3v) is 3.43. The Morgan fingerprint density at radius 1 is 1.41 bits per heavy atom. The number of nitrogens with one attached hydrogen (secondary N) is 1. The topological polar surface area (TPSA) is 41.6 Å². The molecular formula is C13H26N2O2. The van der Waals surface area contributed by atoms with Crippen molar-refractivity contribution in [2.75, 3.05) is 39.9 Å². The Morgan fingerprint density at radius 3 is 2.71 bits per heavy atom. The first-order valence-electron chi connectivity index (χ1n) is 6.78. The predicted molar refractivity (Wildman–Crippen MR) is 69.0 cm³/mol. The molecule has 0 saturated carbocycles. The van der Waals surface area contributed by atoms with Gasteiger partial charge in [0.1, 0.15) is 0 Å². The highest BCUT2D eigenvalue weighted by Crippen LogP contribution is 2.20. The molecule has 17 heavy (non-hydrogen) atoms. The van der Waals surface area contributed by atoms with Gasteiger partial charge < -0.3 is 15.0 Å². The van der Waals surface area contributed by atoms with Gasteiger partial charge in [-0.05, 0) is 45.7 Å². The standard InChI is InChI=1S/C13H26N2O2/c1-3-17-11-7-13(16)15-9-5-12(6-10-15)4-8-14-2/h12,14H,3-11H2,1-2H3. The average Bonchev–Trinajstić information content (AvgIpc) is 2.37. The van der Waals surface area contributed by atoms with E-state index in [1.807, 2.05) is 18.9 Å². The molecule has 0 radical (unpaired) electrons. The second kappa shape index (κ2) is 8.48. The zero-order chi connectivity index (χ0) is 12.5. The molecule has 0 aromatic heterocycles. The number of likely N-dealkylation sites (tertiary alicyclic amines) is 1. The number of amides is 1. The maximum Gasteiger partial charge on any atom is 0.224 e. The minimum atomic E-state index is 0.255. The van der Waals surface area contributed by atoms with Crippen LogP contribution in [0.5, 0.6) is 0 Å². The summed E-state index contributed by atoms with van der Waals surface area (Å²) in [4.78, 5) is 13.8. The Kier molecular flexibility index (Phi) is 7.21. The van der Waals surface area contributed by atoms with Gasteiger partial charge in [-0.2, -0.15) is 0 Å². The summed E-state index contributed by atoms with van der Waals surface area (Å²) < 4.78 is 5.21. The van der Waals surface area contributed by atoms with E-state index in [1.165, 1.54) is 6.42 Å². The van der Waals surface area contributed by atoms with Crippen molar-refractivity contribution in [3.63, 3.8) is 0 Å². The van der Waals surface area contributed by atoms with Crippen molar-refractivity contribution in [2.24, 2.45) is 5.92 Å². The van der Waals surface area contributed by atoms with Gasteiger partial charge >= 0.3 is 0 Å². The van der Waals surface area contributed by atoms with E-state index >= 15 is 0 Å². The SMILES string of the molecule is CCOCCC(=O)N1CCC(CCNC)CC1. The monoisotopic (exact) mass is 242 g/mol. The summed E-state index contributed by atoms with van der Waals surface area (Å²) in [6, 6.07) is 0. The molecule has 0 spiro atoms. The first-order chi connectivity index (χ1) is 8.27. The van der Waals surface area contributed by atoms with Crippen LogP contribution in [0, 0.1) is 5.92 Å². The van der Waals surface area contributed by atoms with E-state index in [0.717, 1.165) is 38.4 Å². The summed E-state index contributed by atoms with van der Waals surface area (Å²) in [5.74, 6) is 1.05. The van der Waals surface area contributed by atoms with Crippen molar-refractivity contribution < 1.29 is 9.53 Å². The third kappa shape index (κ3) is 5.50. The summed E-state index contributed by atoms with van der Waals surface area (Å²) >= 11 is 0. The quantitative estimate of drug-likeness (QED) is 0.683. The van der Waals surface area contributed by atoms with Crippen LogP contribution in [0.15, 0.2) is 0 Å². The van der Waals surface area contributed by atoms with Gasteiger partial charge in [0.05, 0.1) is 13.0 Å². The number of hydrogen-bond donors (Lipinski definition) is 1. The maximum atomic E-state index is 11.8. The minimum Gasteiger partial charge on any atom is -0.381 e. The van der Waals surface area contributed by atoms with E-state index in [0.29, 0.717) is 19.6 Å². The molecule has 0 unspecified atom stereocenters. The van der Waals surface area contributed by atoms with Gasteiger partial charge in [0.2, 0.25) is 5.91 Å². The molecule has 1 aliphatic rings. The molecule has 4 nitrogen and oxygen atoms in total. The number of nitrogens with zero attached hydrogens (tertiary/aromatic N) is 1. The molecule has 1 saturated heterocycles. The zero-order valence-electron chi connectivity index (χ0n) is 11.2. The molecular weight excluding hydrogens is 216 g/mol. The van der Waals surface area contributed by atoms with E-state index in [9.17, 15) is 4.79 Å². The smallest absolute Gasteiger partial charge is 0.224 e. The Labute approximate surface area is 105 Å². The molecule has 0 atom stereocenters. The Bertz CT molecular complexity index is 213. The van der Waals surface area contributed by atoms with Crippen molar-refractivity contribution >= 4 is 5.91 Å². The molecule has 4 heteroatoms. The van der Waals surface area contributed by atoms with Crippen molar-refractivity contribution in [3.05, 3.63) is 0 Å². The van der Waals surface area contributed by atoms with Crippen LogP contribution in [0.1, 0.15) is 32.6 Å². The normalized spacial score (nSPS) is 17.4. The van der Waals surface area contributed by atoms with Crippen LogP contribution in [0.3, 0.4) is 0 Å². The molecule has 100 valence electrons. The van der Waals surface area contributed by atoms with E-state index in [-0.39, 0.29) is 5.91 Å². The van der Waals surface area contributed by atoms with Gasteiger partial charge in [0.15, 0.2) is 0 Å². The van der Waals surface area contributed by atoms with Crippen LogP contribution in [-0.2, 0) is 9.53 Å². The number of piperidine rings is 1. The highest BCUT2D eigenvalue weighted by atomic mass is 16.5. The van der Waals surface area contributed by atoms with Gasteiger partial charge in [-0.25, -0.2) is 0 Å². The minimum absolute atomic E-state index is 0.255. The van der Waals surface area contributed by atoms with Crippen LogP contribution in [0.4, 0.5) is 0 Å². The summed E-state index contributed by atoms with van der Waals surface area (Å²) in [7, 11) is 1.99. The lowest BCUT2D eigenvalue weighted by Crippen LogP contribution is -2.39. The van der Waals surface area contributed by atoms with Crippen LogP contribution < -0.4 is 5.32 Å². The summed E-state index contributed by atoms with van der Waals surface area (Å²) in [6.07, 6.45) is 4.08. The van der Waals surface area contributed by atoms with Gasteiger partial charge in [0, 0.05) is 19.7 Å². The Balaban J connectivity index is 2.15. The fourth-order valence-electron chi connectivity index (χ4n) is 2.28. The fourth-order valence-corrected chi connectivity index (χ4v) is 2.28. The third-order valence-electron chi connectivity index (χ3n) is 3.43. The molecule has 1 N–H and O–H groups in total. The molecule has 0 bridgehead atoms. The summed E-state index contributed by atoms with van der Waals surface area (Å²) in [6.45, 7) is 6.16. The maximum absolute atomic E-state index is 11.8. The lowest BCUT2D eigenvalue weighted by atomic mass is 9.93. The highest BCUT2D eigenvalue weighted by molar-refractivity contribution is 5.76. The van der Waals surface area contributed by atoms with E-state index in [4.69, 9.17) is 4.74 Å². The van der Waals surface area contributed by atoms with Gasteiger partial charge in [-0.1, -0.05) is 0 Å². The zero-order valence-corrected chi connectivity index (χ0v) is 11.2. The Morgan fingerprint density at radius 2 is 2.12 bits per heavy atom. The molecule has 1 aliphatic heterocycles. The van der Waals surface area contributed by atoms with Crippen molar-refractivity contribution in [1.29, 1.82) is 0 Å². The molecule has 0 aromatic carbocycles. The van der Waals surface area contributed by atoms with Gasteiger partial charge in [-0.3, -0.25) is 4.79 Å². The van der Waals surface area contributed by atoms with E-state index < -0.39 is 0 Å². The van der Waals surface area contributed by atoms with E-state index in [1.54, 1.807) is 0 Å². The second-order valence-electron chi connectivity index (χ2n) is 4.66. The van der Waals surface area contributed by atoms with E-state index in [2.05, 4.69) is 5.32 Å². The number of carbonyl (C=O) groups is 1. The number of carbonyl (C=O) groups excluding carboxylic acids is 1. The van der Waals surface area contributed by atoms with Crippen molar-refractivity contribution in [1.82, 2.24) is 10.2 Å². The molecule has 0 aliphatic carbocycles. The number of hydrogen-bond acceptors (Lipinski definition) is 3. The first-order valence-corrected chi connectivity index (χ1v) is 6.78. The van der Waals surface area contributed by atoms with Crippen LogP contribution in [0.2, 0.25) is 0 Å². The molecule has 1 rings (SSSR count). The van der Waals surface area contributed by atoms with Crippen LogP contribution in [-0.4, -0.2) is 50.7 Å². The van der Waals surface area contributed by atoms with Gasteiger partial charge in [-0.15, -0.1) is 0 Å².